The maximum absolute atomic E-state index is 13.4. The maximum atomic E-state index is 13.4. The minimum absolute atomic E-state index is 0.162. The van der Waals surface area contributed by atoms with Crippen molar-refractivity contribution < 1.29 is 23.2 Å². The van der Waals surface area contributed by atoms with Crippen molar-refractivity contribution in [1.29, 1.82) is 0 Å². The number of nitrogens with zero attached hydrogens (tertiary/aromatic N) is 1. The van der Waals surface area contributed by atoms with Gasteiger partial charge in [-0.1, -0.05) is 36.4 Å². The molecule has 0 N–H and O–H groups in total. The molecular weight excluding hydrogens is 389 g/mol. The molecule has 1 aliphatic rings. The van der Waals surface area contributed by atoms with Crippen molar-refractivity contribution in [1.82, 2.24) is 0 Å². The minimum Gasteiger partial charge on any atom is -0.305 e. The number of carbonyl (C=O) groups is 2. The summed E-state index contributed by atoms with van der Waals surface area (Å²) in [4.78, 5) is 27.8. The van der Waals surface area contributed by atoms with Crippen LogP contribution in [0.25, 0.3) is 10.8 Å². The average Bonchev–Trinajstić information content (AvgIpc) is 2.73. The maximum Gasteiger partial charge on any atom is 0.363 e. The number of anilines is 1. The van der Waals surface area contributed by atoms with Gasteiger partial charge in [0.2, 0.25) is 0 Å². The molecule has 148 valence electrons. The van der Waals surface area contributed by atoms with Crippen molar-refractivity contribution in [2.24, 2.45) is 0 Å². The summed E-state index contributed by atoms with van der Waals surface area (Å²) >= 11 is 0. The van der Waals surface area contributed by atoms with Crippen molar-refractivity contribution in [2.45, 2.75) is 13.8 Å². The van der Waals surface area contributed by atoms with Gasteiger partial charge in [0, 0.05) is 16.5 Å². The van der Waals surface area contributed by atoms with E-state index >= 15 is 0 Å². The Morgan fingerprint density at radius 2 is 1.34 bits per heavy atom. The Labute approximate surface area is 168 Å². The van der Waals surface area contributed by atoms with Crippen LogP contribution in [-0.4, -0.2) is 25.0 Å². The summed E-state index contributed by atoms with van der Waals surface area (Å²) in [5, 5.41) is 1.65. The zero-order chi connectivity index (χ0) is 20.6. The number of benzene rings is 3. The van der Waals surface area contributed by atoms with Crippen molar-refractivity contribution in [3.05, 3.63) is 71.8 Å². The Hall–Kier alpha value is -2.79. The van der Waals surface area contributed by atoms with Crippen LogP contribution in [0.5, 0.6) is 0 Å². The van der Waals surface area contributed by atoms with Gasteiger partial charge >= 0.3 is 7.60 Å². The first-order valence-electron chi connectivity index (χ1n) is 9.41. The summed E-state index contributed by atoms with van der Waals surface area (Å²) in [6.45, 7) is 3.75. The molecule has 0 saturated heterocycles. The second kappa shape index (κ2) is 7.56. The molecule has 2 amide bonds. The van der Waals surface area contributed by atoms with Gasteiger partial charge in [-0.3, -0.25) is 14.2 Å². The fourth-order valence-electron chi connectivity index (χ4n) is 3.65. The number of rotatable bonds is 6. The molecule has 29 heavy (non-hydrogen) atoms. The molecule has 0 bridgehead atoms. The van der Waals surface area contributed by atoms with Crippen LogP contribution in [0.15, 0.2) is 60.7 Å². The molecule has 3 aromatic rings. The summed E-state index contributed by atoms with van der Waals surface area (Å²) in [6.07, 6.45) is 0. The van der Waals surface area contributed by atoms with Crippen LogP contribution < -0.4 is 10.2 Å². The average molecular weight is 409 g/mol. The molecule has 7 heteroatoms. The Morgan fingerprint density at radius 3 is 1.90 bits per heavy atom. The lowest BCUT2D eigenvalue weighted by molar-refractivity contribution is 0.0894. The summed E-state index contributed by atoms with van der Waals surface area (Å²) < 4.78 is 24.4. The summed E-state index contributed by atoms with van der Waals surface area (Å²) in [6, 6.07) is 17.2. The molecule has 1 aliphatic heterocycles. The molecular formula is C22H20NO5P. The molecule has 0 radical (unpaired) electrons. The first-order valence-corrected chi connectivity index (χ1v) is 11.0. The van der Waals surface area contributed by atoms with E-state index in [9.17, 15) is 14.2 Å². The molecule has 4 rings (SSSR count). The van der Waals surface area contributed by atoms with Crippen LogP contribution in [0.4, 0.5) is 5.69 Å². The number of para-hydroxylation sites is 1. The number of imide groups is 1. The Bertz CT molecular complexity index is 1110. The fraction of sp³-hybridized carbons (Fsp3) is 0.182. The molecule has 0 saturated carbocycles. The zero-order valence-corrected chi connectivity index (χ0v) is 17.0. The van der Waals surface area contributed by atoms with Crippen LogP contribution in [0.1, 0.15) is 34.6 Å². The van der Waals surface area contributed by atoms with Gasteiger partial charge in [-0.15, -0.1) is 0 Å². The lowest BCUT2D eigenvalue weighted by Crippen LogP contribution is -2.42. The molecule has 0 atom stereocenters. The highest BCUT2D eigenvalue weighted by atomic mass is 31.2. The van der Waals surface area contributed by atoms with Gasteiger partial charge < -0.3 is 9.05 Å². The number of carbonyl (C=O) groups excluding carboxylic acids is 2. The number of hydrogen-bond donors (Lipinski definition) is 0. The highest BCUT2D eigenvalue weighted by molar-refractivity contribution is 7.62. The van der Waals surface area contributed by atoms with Gasteiger partial charge in [0.1, 0.15) is 0 Å². The van der Waals surface area contributed by atoms with Crippen LogP contribution >= 0.6 is 7.60 Å². The van der Waals surface area contributed by atoms with Crippen LogP contribution in [0, 0.1) is 0 Å². The van der Waals surface area contributed by atoms with Crippen molar-refractivity contribution in [2.75, 3.05) is 18.1 Å². The van der Waals surface area contributed by atoms with Crippen LogP contribution in [-0.2, 0) is 13.6 Å². The molecule has 0 aliphatic carbocycles. The second-order valence-corrected chi connectivity index (χ2v) is 8.47. The predicted octanol–water partition coefficient (Wildman–Crippen LogP) is 4.53. The quantitative estimate of drug-likeness (QED) is 0.442. The zero-order valence-electron chi connectivity index (χ0n) is 16.1. The molecule has 1 heterocycles. The largest absolute Gasteiger partial charge is 0.363 e. The first kappa shape index (κ1) is 19.5. The number of hydrogen-bond acceptors (Lipinski definition) is 5. The van der Waals surface area contributed by atoms with E-state index < -0.39 is 19.4 Å². The monoisotopic (exact) mass is 409 g/mol. The SMILES string of the molecule is CCOP(=O)(OCC)c1ccccc1N1C(=O)c2cccc3cccc(c23)C1=O. The Balaban J connectivity index is 1.93. The van der Waals surface area contributed by atoms with E-state index in [-0.39, 0.29) is 24.2 Å². The van der Waals surface area contributed by atoms with Crippen molar-refractivity contribution in [3.8, 4) is 0 Å². The number of amides is 2. The fourth-order valence-corrected chi connectivity index (χ4v) is 5.41. The topological polar surface area (TPSA) is 72.9 Å². The standard InChI is InChI=1S/C22H20NO5P/c1-3-27-29(26,28-4-2)19-14-6-5-13-18(19)23-21(24)16-11-7-9-15-10-8-12-17(20(15)16)22(23)25/h5-14H,3-4H2,1-2H3. The van der Waals surface area contributed by atoms with E-state index in [1.54, 1.807) is 62.4 Å². The molecule has 0 spiro atoms. The lowest BCUT2D eigenvalue weighted by Gasteiger charge is -2.30. The summed E-state index contributed by atoms with van der Waals surface area (Å²) in [5.74, 6) is -0.933. The normalized spacial score (nSPS) is 13.9. The van der Waals surface area contributed by atoms with Gasteiger partial charge in [-0.25, -0.2) is 4.90 Å². The van der Waals surface area contributed by atoms with E-state index in [0.717, 1.165) is 10.3 Å². The molecule has 0 unspecified atom stereocenters. The molecule has 3 aromatic carbocycles. The van der Waals surface area contributed by atoms with Gasteiger partial charge in [0.05, 0.1) is 24.2 Å². The summed E-state index contributed by atoms with van der Waals surface area (Å²) in [7, 11) is -3.72. The van der Waals surface area contributed by atoms with Gasteiger partial charge in [0.25, 0.3) is 11.8 Å². The highest BCUT2D eigenvalue weighted by Crippen LogP contribution is 2.49. The van der Waals surface area contributed by atoms with E-state index in [4.69, 9.17) is 9.05 Å². The van der Waals surface area contributed by atoms with Gasteiger partial charge in [0.15, 0.2) is 0 Å². The molecule has 0 fully saturated rings. The Kier molecular flexibility index (Phi) is 5.09. The van der Waals surface area contributed by atoms with E-state index in [0.29, 0.717) is 16.5 Å². The molecule has 6 nitrogen and oxygen atoms in total. The van der Waals surface area contributed by atoms with E-state index in [1.807, 2.05) is 12.1 Å². The molecule has 0 aromatic heterocycles. The lowest BCUT2D eigenvalue weighted by atomic mass is 9.94. The van der Waals surface area contributed by atoms with Crippen LogP contribution in [0.3, 0.4) is 0 Å². The smallest absolute Gasteiger partial charge is 0.305 e. The van der Waals surface area contributed by atoms with Crippen molar-refractivity contribution >= 4 is 41.2 Å². The third-order valence-electron chi connectivity index (χ3n) is 4.79. The summed E-state index contributed by atoms with van der Waals surface area (Å²) in [5.41, 5.74) is 1.06. The third-order valence-corrected chi connectivity index (χ3v) is 6.95. The Morgan fingerprint density at radius 1 is 0.793 bits per heavy atom. The van der Waals surface area contributed by atoms with Gasteiger partial charge in [-0.05, 0) is 43.5 Å². The third kappa shape index (κ3) is 3.10. The van der Waals surface area contributed by atoms with E-state index in [2.05, 4.69) is 0 Å². The minimum atomic E-state index is -3.72. The van der Waals surface area contributed by atoms with Crippen LogP contribution in [0.2, 0.25) is 0 Å². The first-order chi connectivity index (χ1) is 14.0. The van der Waals surface area contributed by atoms with Crippen molar-refractivity contribution in [3.63, 3.8) is 0 Å². The second-order valence-electron chi connectivity index (χ2n) is 6.48. The van der Waals surface area contributed by atoms with Gasteiger partial charge in [-0.2, -0.15) is 0 Å². The predicted molar refractivity (Wildman–Crippen MR) is 112 cm³/mol. The van der Waals surface area contributed by atoms with E-state index in [1.165, 1.54) is 0 Å². The highest BCUT2D eigenvalue weighted by Gasteiger charge is 2.39.